The first kappa shape index (κ1) is 14.5. The van der Waals surface area contributed by atoms with E-state index >= 15 is 0 Å². The highest BCUT2D eigenvalue weighted by Gasteiger charge is 2.12. The second kappa shape index (κ2) is 6.16. The maximum absolute atomic E-state index is 12.2. The van der Waals surface area contributed by atoms with E-state index in [-0.39, 0.29) is 12.5 Å². The molecule has 0 atom stereocenters. The number of hydrogen-bond donors (Lipinski definition) is 1. The van der Waals surface area contributed by atoms with Gasteiger partial charge in [-0.2, -0.15) is 4.57 Å². The van der Waals surface area contributed by atoms with Crippen molar-refractivity contribution in [2.45, 2.75) is 13.5 Å². The van der Waals surface area contributed by atoms with E-state index in [4.69, 9.17) is 11.6 Å². The smallest absolute Gasteiger partial charge is 0.290 e. The average Bonchev–Trinajstić information content (AvgIpc) is 2.52. The molecule has 1 aromatic heterocycles. The molecule has 1 N–H and O–H groups in total. The lowest BCUT2D eigenvalue weighted by Gasteiger charge is -2.08. The summed E-state index contributed by atoms with van der Waals surface area (Å²) in [6.07, 6.45) is 3.88. The monoisotopic (exact) mass is 311 g/mol. The molecule has 0 saturated carbocycles. The van der Waals surface area contributed by atoms with Crippen LogP contribution < -0.4 is 9.88 Å². The van der Waals surface area contributed by atoms with E-state index < -0.39 is 0 Å². The molecule has 0 aliphatic rings. The van der Waals surface area contributed by atoms with Crippen molar-refractivity contribution in [3.8, 4) is 0 Å². The number of fused-ring (bicyclic) bond motifs is 1. The molecule has 3 aromatic rings. The summed E-state index contributed by atoms with van der Waals surface area (Å²) in [6, 6.07) is 15.6. The second-order valence-corrected chi connectivity index (χ2v) is 5.61. The van der Waals surface area contributed by atoms with Crippen LogP contribution in [0.2, 0.25) is 5.02 Å². The number of carbonyl (C=O) groups excluding carboxylic acids is 1. The highest BCUT2D eigenvalue weighted by atomic mass is 35.5. The predicted molar refractivity (Wildman–Crippen MR) is 89.0 cm³/mol. The molecule has 0 bridgehead atoms. The quantitative estimate of drug-likeness (QED) is 0.735. The molecule has 0 aliphatic heterocycles. The summed E-state index contributed by atoms with van der Waals surface area (Å²) in [6.45, 7) is 2.15. The molecule has 110 valence electrons. The van der Waals surface area contributed by atoms with E-state index in [0.717, 1.165) is 22.0 Å². The van der Waals surface area contributed by atoms with Gasteiger partial charge in [-0.05, 0) is 36.1 Å². The number of nitrogens with one attached hydrogen (secondary N) is 1. The van der Waals surface area contributed by atoms with Gasteiger partial charge in [-0.1, -0.05) is 35.9 Å². The number of hydrogen-bond acceptors (Lipinski definition) is 1. The highest BCUT2D eigenvalue weighted by molar-refractivity contribution is 6.31. The molecule has 0 saturated heterocycles. The summed E-state index contributed by atoms with van der Waals surface area (Å²) >= 11 is 6.07. The minimum Gasteiger partial charge on any atom is -0.320 e. The third kappa shape index (κ3) is 3.10. The van der Waals surface area contributed by atoms with Crippen molar-refractivity contribution in [3.63, 3.8) is 0 Å². The average molecular weight is 312 g/mol. The van der Waals surface area contributed by atoms with Gasteiger partial charge in [0.2, 0.25) is 6.54 Å². The van der Waals surface area contributed by atoms with Crippen molar-refractivity contribution >= 4 is 34.0 Å². The lowest BCUT2D eigenvalue weighted by molar-refractivity contribution is -0.682. The van der Waals surface area contributed by atoms with Gasteiger partial charge >= 0.3 is 0 Å². The van der Waals surface area contributed by atoms with E-state index in [1.807, 2.05) is 66.3 Å². The van der Waals surface area contributed by atoms with Gasteiger partial charge in [0, 0.05) is 22.2 Å². The van der Waals surface area contributed by atoms with Crippen molar-refractivity contribution in [2.75, 3.05) is 5.32 Å². The van der Waals surface area contributed by atoms with Crippen LogP contribution in [0.4, 0.5) is 5.69 Å². The van der Waals surface area contributed by atoms with Crippen molar-refractivity contribution in [1.29, 1.82) is 0 Å². The number of anilines is 1. The van der Waals surface area contributed by atoms with Crippen LogP contribution in [0.1, 0.15) is 5.56 Å². The topological polar surface area (TPSA) is 33.0 Å². The van der Waals surface area contributed by atoms with Crippen LogP contribution in [0.15, 0.2) is 60.9 Å². The van der Waals surface area contributed by atoms with Crippen LogP contribution in [-0.4, -0.2) is 5.91 Å². The van der Waals surface area contributed by atoms with Gasteiger partial charge in [-0.3, -0.25) is 4.79 Å². The van der Waals surface area contributed by atoms with Gasteiger partial charge < -0.3 is 5.32 Å². The molecule has 0 aliphatic carbocycles. The van der Waals surface area contributed by atoms with E-state index in [0.29, 0.717) is 5.02 Å². The number of halogens is 1. The molecule has 4 heteroatoms. The number of rotatable bonds is 3. The summed E-state index contributed by atoms with van der Waals surface area (Å²) in [5, 5.41) is 5.82. The lowest BCUT2D eigenvalue weighted by atomic mass is 10.2. The number of carbonyl (C=O) groups is 1. The SMILES string of the molecule is Cc1c(Cl)cccc1NC(=O)C[n+]1ccc2ccccc2c1. The fraction of sp³-hybridized carbons (Fsp3) is 0.111. The maximum Gasteiger partial charge on any atom is 0.290 e. The van der Waals surface area contributed by atoms with Crippen LogP contribution in [0, 0.1) is 6.92 Å². The number of nitrogens with zero attached hydrogens (tertiary/aromatic N) is 1. The lowest BCUT2D eigenvalue weighted by Crippen LogP contribution is -2.39. The van der Waals surface area contributed by atoms with Crippen molar-refractivity contribution in [2.24, 2.45) is 0 Å². The van der Waals surface area contributed by atoms with E-state index in [2.05, 4.69) is 11.4 Å². The first-order valence-corrected chi connectivity index (χ1v) is 7.44. The number of benzene rings is 2. The van der Waals surface area contributed by atoms with E-state index in [1.54, 1.807) is 0 Å². The Balaban J connectivity index is 1.76. The normalized spacial score (nSPS) is 10.6. The van der Waals surface area contributed by atoms with Gasteiger partial charge in [-0.15, -0.1) is 0 Å². The number of pyridine rings is 1. The standard InChI is InChI=1S/C18H15ClN2O/c1-13-16(19)7-4-8-17(13)20-18(22)12-21-10-9-14-5-2-3-6-15(14)11-21/h2-11H,12H2,1H3/p+1. The Labute approximate surface area is 134 Å². The van der Waals surface area contributed by atoms with Gasteiger partial charge in [0.05, 0.1) is 0 Å². The molecule has 1 amide bonds. The Morgan fingerprint density at radius 1 is 1.09 bits per heavy atom. The molecule has 2 aromatic carbocycles. The minimum absolute atomic E-state index is 0.0781. The summed E-state index contributed by atoms with van der Waals surface area (Å²) in [4.78, 5) is 12.2. The number of amides is 1. The number of aromatic nitrogens is 1. The fourth-order valence-corrected chi connectivity index (χ4v) is 2.55. The second-order valence-electron chi connectivity index (χ2n) is 5.21. The molecular weight excluding hydrogens is 296 g/mol. The zero-order valence-electron chi connectivity index (χ0n) is 12.2. The fourth-order valence-electron chi connectivity index (χ4n) is 2.37. The first-order valence-electron chi connectivity index (χ1n) is 7.06. The summed E-state index contributed by atoms with van der Waals surface area (Å²) in [5.41, 5.74) is 1.62. The van der Waals surface area contributed by atoms with E-state index in [1.165, 1.54) is 0 Å². The summed E-state index contributed by atoms with van der Waals surface area (Å²) in [7, 11) is 0. The largest absolute Gasteiger partial charge is 0.320 e. The third-order valence-corrected chi connectivity index (χ3v) is 4.02. The summed E-state index contributed by atoms with van der Waals surface area (Å²) in [5.74, 6) is -0.0781. The zero-order valence-corrected chi connectivity index (χ0v) is 13.0. The molecule has 22 heavy (non-hydrogen) atoms. The molecule has 1 heterocycles. The highest BCUT2D eigenvalue weighted by Crippen LogP contribution is 2.22. The Bertz CT molecular complexity index is 845. The van der Waals surface area contributed by atoms with Gasteiger partial charge in [0.25, 0.3) is 5.91 Å². The van der Waals surface area contributed by atoms with E-state index in [9.17, 15) is 4.79 Å². The summed E-state index contributed by atoms with van der Waals surface area (Å²) < 4.78 is 1.87. The molecule has 3 rings (SSSR count). The van der Waals surface area contributed by atoms with Crippen LogP contribution in [0.5, 0.6) is 0 Å². The predicted octanol–water partition coefficient (Wildman–Crippen LogP) is 3.73. The third-order valence-electron chi connectivity index (χ3n) is 3.61. The molecular formula is C18H16ClN2O+. The minimum atomic E-state index is -0.0781. The van der Waals surface area contributed by atoms with Crippen LogP contribution >= 0.6 is 11.6 Å². The van der Waals surface area contributed by atoms with Crippen LogP contribution in [-0.2, 0) is 11.3 Å². The van der Waals surface area contributed by atoms with Gasteiger partial charge in [-0.25, -0.2) is 0 Å². The van der Waals surface area contributed by atoms with Gasteiger partial charge in [0.1, 0.15) is 0 Å². The van der Waals surface area contributed by atoms with Crippen LogP contribution in [0.25, 0.3) is 10.8 Å². The van der Waals surface area contributed by atoms with Crippen molar-refractivity contribution in [1.82, 2.24) is 0 Å². The Morgan fingerprint density at radius 2 is 1.86 bits per heavy atom. The van der Waals surface area contributed by atoms with Crippen molar-refractivity contribution in [3.05, 3.63) is 71.5 Å². The maximum atomic E-state index is 12.2. The Morgan fingerprint density at radius 3 is 2.68 bits per heavy atom. The molecule has 0 unspecified atom stereocenters. The van der Waals surface area contributed by atoms with Crippen molar-refractivity contribution < 1.29 is 9.36 Å². The van der Waals surface area contributed by atoms with Crippen LogP contribution in [0.3, 0.4) is 0 Å². The van der Waals surface area contributed by atoms with Gasteiger partial charge in [0.15, 0.2) is 12.4 Å². The first-order chi connectivity index (χ1) is 10.6. The molecule has 0 spiro atoms. The molecule has 3 nitrogen and oxygen atoms in total. The Kier molecular flexibility index (Phi) is 4.07. The molecule has 0 fully saturated rings. The molecule has 0 radical (unpaired) electrons. The zero-order chi connectivity index (χ0) is 15.5. The Hall–Kier alpha value is -2.39.